The molecular formula is C16H22N6S. The number of hydrogen-bond acceptors (Lipinski definition) is 7. The predicted molar refractivity (Wildman–Crippen MR) is 92.8 cm³/mol. The smallest absolute Gasteiger partial charge is 0.239 e. The maximum Gasteiger partial charge on any atom is 0.239 e. The van der Waals surface area contributed by atoms with Gasteiger partial charge in [0, 0.05) is 35.0 Å². The number of nitrogens with zero attached hydrogens (tertiary/aromatic N) is 4. The summed E-state index contributed by atoms with van der Waals surface area (Å²) in [5, 5.41) is 1.35. The fourth-order valence-electron chi connectivity index (χ4n) is 3.21. The number of thiazole rings is 1. The Morgan fingerprint density at radius 2 is 2.04 bits per heavy atom. The maximum atomic E-state index is 5.50. The molecule has 0 bridgehead atoms. The quantitative estimate of drug-likeness (QED) is 0.665. The van der Waals surface area contributed by atoms with Gasteiger partial charge in [0.05, 0.1) is 17.2 Å². The van der Waals surface area contributed by atoms with Crippen LogP contribution in [0, 0.1) is 13.8 Å². The summed E-state index contributed by atoms with van der Waals surface area (Å²) in [4.78, 5) is 17.6. The minimum atomic E-state index is 0.480. The van der Waals surface area contributed by atoms with Gasteiger partial charge in [-0.25, -0.2) is 15.8 Å². The molecule has 1 fully saturated rings. The van der Waals surface area contributed by atoms with E-state index in [9.17, 15) is 0 Å². The lowest BCUT2D eigenvalue weighted by Gasteiger charge is -2.29. The fraction of sp³-hybridized carbons (Fsp3) is 0.562. The number of nitrogen functional groups attached to an aromatic ring is 1. The fourth-order valence-corrected chi connectivity index (χ4v) is 4.51. The molecule has 3 heterocycles. The van der Waals surface area contributed by atoms with Crippen LogP contribution in [0.15, 0.2) is 0 Å². The number of aryl methyl sites for hydroxylation is 1. The Hall–Kier alpha value is -1.73. The van der Waals surface area contributed by atoms with E-state index in [1.165, 1.54) is 34.8 Å². The van der Waals surface area contributed by atoms with Crippen LogP contribution in [0.1, 0.15) is 52.0 Å². The highest BCUT2D eigenvalue weighted by molar-refractivity contribution is 7.11. The number of fused-ring (bicyclic) bond motifs is 1. The van der Waals surface area contributed by atoms with Crippen LogP contribution >= 0.6 is 11.3 Å². The highest BCUT2D eigenvalue weighted by Crippen LogP contribution is 2.40. The molecule has 1 saturated carbocycles. The van der Waals surface area contributed by atoms with E-state index in [0.29, 0.717) is 5.95 Å². The molecule has 2 aromatic rings. The number of nitrogens with one attached hydrogen (secondary N) is 1. The van der Waals surface area contributed by atoms with Gasteiger partial charge in [-0.05, 0) is 26.7 Å². The third kappa shape index (κ3) is 2.57. The molecule has 23 heavy (non-hydrogen) atoms. The highest BCUT2D eigenvalue weighted by Gasteiger charge is 2.28. The van der Waals surface area contributed by atoms with Gasteiger partial charge in [0.1, 0.15) is 5.82 Å². The van der Waals surface area contributed by atoms with Crippen LogP contribution in [0.2, 0.25) is 0 Å². The van der Waals surface area contributed by atoms with Crippen LogP contribution in [0.5, 0.6) is 0 Å². The molecular weight excluding hydrogens is 308 g/mol. The highest BCUT2D eigenvalue weighted by atomic mass is 32.1. The Labute approximate surface area is 140 Å². The van der Waals surface area contributed by atoms with Gasteiger partial charge < -0.3 is 4.90 Å². The summed E-state index contributed by atoms with van der Waals surface area (Å²) in [6, 6.07) is 0. The average molecular weight is 330 g/mol. The minimum Gasteiger partial charge on any atom is -0.351 e. The standard InChI is InChI=1S/C16H22N6S/c1-9-10(2)18-16(21-17)20-14(9)22-7-6-12-13(8-22)23-15(19-12)11-4-3-5-11/h11H,3-8,17H2,1-2H3,(H,18,20,21). The first-order valence-electron chi connectivity index (χ1n) is 8.21. The van der Waals surface area contributed by atoms with Crippen molar-refractivity contribution in [1.29, 1.82) is 0 Å². The molecule has 0 spiro atoms. The number of hydrogen-bond donors (Lipinski definition) is 2. The van der Waals surface area contributed by atoms with Crippen LogP contribution in [-0.2, 0) is 13.0 Å². The molecule has 0 saturated heterocycles. The van der Waals surface area contributed by atoms with Gasteiger partial charge in [-0.3, -0.25) is 5.43 Å². The van der Waals surface area contributed by atoms with Gasteiger partial charge in [-0.15, -0.1) is 11.3 Å². The Kier molecular flexibility index (Phi) is 3.69. The molecule has 0 atom stereocenters. The van der Waals surface area contributed by atoms with Crippen molar-refractivity contribution in [3.63, 3.8) is 0 Å². The van der Waals surface area contributed by atoms with E-state index >= 15 is 0 Å². The molecule has 0 radical (unpaired) electrons. The molecule has 0 unspecified atom stereocenters. The largest absolute Gasteiger partial charge is 0.351 e. The van der Waals surface area contributed by atoms with E-state index in [2.05, 4.69) is 27.2 Å². The molecule has 1 aliphatic heterocycles. The second kappa shape index (κ2) is 5.72. The molecule has 7 heteroatoms. The predicted octanol–water partition coefficient (Wildman–Crippen LogP) is 2.67. The Bertz CT molecular complexity index is 736. The lowest BCUT2D eigenvalue weighted by Crippen LogP contribution is -2.31. The summed E-state index contributed by atoms with van der Waals surface area (Å²) in [6.45, 7) is 5.91. The van der Waals surface area contributed by atoms with Crippen molar-refractivity contribution < 1.29 is 0 Å². The number of aromatic nitrogens is 3. The lowest BCUT2D eigenvalue weighted by molar-refractivity contribution is 0.417. The maximum absolute atomic E-state index is 5.50. The third-order valence-electron chi connectivity index (χ3n) is 4.99. The van der Waals surface area contributed by atoms with Crippen LogP contribution in [-0.4, -0.2) is 21.5 Å². The van der Waals surface area contributed by atoms with Crippen LogP contribution in [0.4, 0.5) is 11.8 Å². The normalized spacial score (nSPS) is 17.8. The zero-order valence-electron chi connectivity index (χ0n) is 13.6. The van der Waals surface area contributed by atoms with Crippen molar-refractivity contribution in [2.24, 2.45) is 5.84 Å². The van der Waals surface area contributed by atoms with E-state index in [1.54, 1.807) is 0 Å². The summed E-state index contributed by atoms with van der Waals surface area (Å²) in [5.74, 6) is 7.68. The van der Waals surface area contributed by atoms with E-state index in [0.717, 1.165) is 42.5 Å². The SMILES string of the molecule is Cc1nc(NN)nc(N2CCc3nc(C4CCC4)sc3C2)c1C. The number of nitrogens with two attached hydrogens (primary N) is 1. The van der Waals surface area contributed by atoms with Gasteiger partial charge >= 0.3 is 0 Å². The van der Waals surface area contributed by atoms with Gasteiger partial charge in [0.2, 0.25) is 5.95 Å². The van der Waals surface area contributed by atoms with Crippen molar-refractivity contribution >= 4 is 23.1 Å². The second-order valence-corrected chi connectivity index (χ2v) is 7.56. The Morgan fingerprint density at radius 3 is 2.74 bits per heavy atom. The molecule has 2 aromatic heterocycles. The number of anilines is 2. The molecule has 3 N–H and O–H groups in total. The van der Waals surface area contributed by atoms with Crippen molar-refractivity contribution in [2.45, 2.75) is 52.0 Å². The van der Waals surface area contributed by atoms with E-state index in [1.807, 2.05) is 18.3 Å². The zero-order valence-corrected chi connectivity index (χ0v) is 14.4. The molecule has 1 aliphatic carbocycles. The summed E-state index contributed by atoms with van der Waals surface area (Å²) < 4.78 is 0. The molecule has 0 amide bonds. The van der Waals surface area contributed by atoms with Gasteiger partial charge in [0.25, 0.3) is 0 Å². The average Bonchev–Trinajstić information content (AvgIpc) is 2.90. The second-order valence-electron chi connectivity index (χ2n) is 6.45. The van der Waals surface area contributed by atoms with Crippen molar-refractivity contribution in [2.75, 3.05) is 16.9 Å². The molecule has 4 rings (SSSR count). The summed E-state index contributed by atoms with van der Waals surface area (Å²) in [5.41, 5.74) is 5.96. The van der Waals surface area contributed by atoms with Gasteiger partial charge in [-0.2, -0.15) is 4.98 Å². The van der Waals surface area contributed by atoms with E-state index in [4.69, 9.17) is 10.8 Å². The summed E-state index contributed by atoms with van der Waals surface area (Å²) in [6.07, 6.45) is 4.97. The minimum absolute atomic E-state index is 0.480. The first kappa shape index (κ1) is 14.8. The molecule has 2 aliphatic rings. The molecule has 0 aromatic carbocycles. The Morgan fingerprint density at radius 1 is 1.22 bits per heavy atom. The topological polar surface area (TPSA) is 80.0 Å². The molecule has 6 nitrogen and oxygen atoms in total. The third-order valence-corrected chi connectivity index (χ3v) is 6.24. The zero-order chi connectivity index (χ0) is 16.0. The van der Waals surface area contributed by atoms with Crippen molar-refractivity contribution in [3.05, 3.63) is 26.8 Å². The number of hydrazine groups is 1. The Balaban J connectivity index is 1.62. The van der Waals surface area contributed by atoms with Crippen molar-refractivity contribution in [3.8, 4) is 0 Å². The van der Waals surface area contributed by atoms with Crippen LogP contribution < -0.4 is 16.2 Å². The van der Waals surface area contributed by atoms with Crippen LogP contribution in [0.25, 0.3) is 0 Å². The lowest BCUT2D eigenvalue weighted by atomic mass is 9.86. The van der Waals surface area contributed by atoms with E-state index in [-0.39, 0.29) is 0 Å². The summed E-state index contributed by atoms with van der Waals surface area (Å²) >= 11 is 1.90. The molecule has 122 valence electrons. The first-order valence-corrected chi connectivity index (χ1v) is 9.02. The van der Waals surface area contributed by atoms with Crippen LogP contribution in [0.3, 0.4) is 0 Å². The van der Waals surface area contributed by atoms with Crippen molar-refractivity contribution in [1.82, 2.24) is 15.0 Å². The van der Waals surface area contributed by atoms with Gasteiger partial charge in [0.15, 0.2) is 0 Å². The first-order chi connectivity index (χ1) is 11.2. The van der Waals surface area contributed by atoms with Gasteiger partial charge in [-0.1, -0.05) is 6.42 Å². The number of rotatable bonds is 3. The summed E-state index contributed by atoms with van der Waals surface area (Å²) in [7, 11) is 0. The van der Waals surface area contributed by atoms with E-state index < -0.39 is 0 Å². The monoisotopic (exact) mass is 330 g/mol.